The van der Waals surface area contributed by atoms with E-state index in [-0.39, 0.29) is 0 Å². The van der Waals surface area contributed by atoms with Gasteiger partial charge >= 0.3 is 0 Å². The molecule has 19 heavy (non-hydrogen) atoms. The fourth-order valence-corrected chi connectivity index (χ4v) is 2.48. The van der Waals surface area contributed by atoms with E-state index in [2.05, 4.69) is 53.5 Å². The van der Waals surface area contributed by atoms with Gasteiger partial charge in [0.15, 0.2) is 0 Å². The molecule has 0 amide bonds. The summed E-state index contributed by atoms with van der Waals surface area (Å²) in [4.78, 5) is 6.66. The highest BCUT2D eigenvalue weighted by molar-refractivity contribution is 9.10. The Morgan fingerprint density at radius 2 is 1.95 bits per heavy atom. The summed E-state index contributed by atoms with van der Waals surface area (Å²) in [5.74, 6) is 0.637. The monoisotopic (exact) mass is 329 g/mol. The normalized spacial score (nSPS) is 11.6. The first-order valence-electron chi connectivity index (χ1n) is 6.68. The van der Waals surface area contributed by atoms with Crippen LogP contribution in [0.2, 0.25) is 0 Å². The second-order valence-corrected chi connectivity index (χ2v) is 6.01. The summed E-state index contributed by atoms with van der Waals surface area (Å²) in [5, 5.41) is 0. The van der Waals surface area contributed by atoms with Crippen LogP contribution in [0.5, 0.6) is 5.88 Å². The van der Waals surface area contributed by atoms with Crippen molar-refractivity contribution in [1.82, 2.24) is 9.88 Å². The lowest BCUT2D eigenvalue weighted by molar-refractivity contribution is 0.139. The zero-order valence-corrected chi connectivity index (χ0v) is 13.8. The molecule has 0 fully saturated rings. The highest BCUT2D eigenvalue weighted by atomic mass is 79.9. The van der Waals surface area contributed by atoms with Crippen LogP contribution >= 0.6 is 15.9 Å². The Bertz CT molecular complexity index is 388. The highest BCUT2D eigenvalue weighted by Gasteiger charge is 2.13. The first-order chi connectivity index (χ1) is 8.95. The van der Waals surface area contributed by atoms with Crippen LogP contribution in [-0.2, 0) is 6.54 Å². The molecule has 108 valence electrons. The second kappa shape index (κ2) is 7.82. The lowest BCUT2D eigenvalue weighted by Crippen LogP contribution is -2.39. The summed E-state index contributed by atoms with van der Waals surface area (Å²) in [6.45, 7) is 10.7. The van der Waals surface area contributed by atoms with Crippen LogP contribution in [-0.4, -0.2) is 35.1 Å². The van der Waals surface area contributed by atoms with Crippen molar-refractivity contribution in [3.8, 4) is 5.88 Å². The molecule has 0 aliphatic rings. The van der Waals surface area contributed by atoms with Gasteiger partial charge in [-0.3, -0.25) is 4.90 Å². The Kier molecular flexibility index (Phi) is 6.75. The van der Waals surface area contributed by atoms with Gasteiger partial charge in [0.2, 0.25) is 5.88 Å². The van der Waals surface area contributed by atoms with Crippen molar-refractivity contribution in [1.29, 1.82) is 0 Å². The maximum atomic E-state index is 5.76. The van der Waals surface area contributed by atoms with Gasteiger partial charge in [0.05, 0.1) is 0 Å². The molecule has 1 rings (SSSR count). The van der Waals surface area contributed by atoms with Gasteiger partial charge in [-0.05, 0) is 49.7 Å². The molecule has 0 bridgehead atoms. The zero-order chi connectivity index (χ0) is 14.4. The number of hydrogen-bond acceptors (Lipinski definition) is 4. The number of pyridine rings is 1. The quantitative estimate of drug-likeness (QED) is 0.835. The molecule has 0 radical (unpaired) electrons. The topological polar surface area (TPSA) is 51.4 Å². The standard InChI is InChI=1S/C14H24BrN3O/c1-10(2)18(11(3)4)5-6-19-14-12(8-16)7-13(15)9-17-14/h7,9-11H,5-6,8,16H2,1-4H3. The molecule has 1 aromatic heterocycles. The van der Waals surface area contributed by atoms with Gasteiger partial charge in [0.1, 0.15) is 6.61 Å². The van der Waals surface area contributed by atoms with Crippen molar-refractivity contribution < 1.29 is 4.74 Å². The van der Waals surface area contributed by atoms with Crippen molar-refractivity contribution in [2.75, 3.05) is 13.2 Å². The van der Waals surface area contributed by atoms with Crippen molar-refractivity contribution >= 4 is 15.9 Å². The lowest BCUT2D eigenvalue weighted by atomic mass is 10.2. The summed E-state index contributed by atoms with van der Waals surface area (Å²) < 4.78 is 6.68. The maximum Gasteiger partial charge on any atom is 0.217 e. The molecule has 0 spiro atoms. The first kappa shape index (κ1) is 16.4. The van der Waals surface area contributed by atoms with Crippen LogP contribution in [0.3, 0.4) is 0 Å². The van der Waals surface area contributed by atoms with E-state index in [0.29, 0.717) is 31.1 Å². The predicted molar refractivity (Wildman–Crippen MR) is 82.3 cm³/mol. The number of aromatic nitrogens is 1. The van der Waals surface area contributed by atoms with E-state index in [1.165, 1.54) is 0 Å². The molecule has 0 aliphatic heterocycles. The van der Waals surface area contributed by atoms with E-state index in [1.54, 1.807) is 6.20 Å². The van der Waals surface area contributed by atoms with Gasteiger partial charge in [-0.1, -0.05) is 0 Å². The third kappa shape index (κ3) is 5.09. The van der Waals surface area contributed by atoms with Crippen LogP contribution < -0.4 is 10.5 Å². The summed E-state index contributed by atoms with van der Waals surface area (Å²) in [7, 11) is 0. The molecule has 0 atom stereocenters. The Morgan fingerprint density at radius 1 is 1.32 bits per heavy atom. The Hall–Kier alpha value is -0.650. The maximum absolute atomic E-state index is 5.76. The third-order valence-electron chi connectivity index (χ3n) is 3.03. The van der Waals surface area contributed by atoms with E-state index in [4.69, 9.17) is 10.5 Å². The lowest BCUT2D eigenvalue weighted by Gasteiger charge is -2.30. The average molecular weight is 330 g/mol. The smallest absolute Gasteiger partial charge is 0.217 e. The predicted octanol–water partition coefficient (Wildman–Crippen LogP) is 2.80. The second-order valence-electron chi connectivity index (χ2n) is 5.10. The number of halogens is 1. The van der Waals surface area contributed by atoms with Gasteiger partial charge in [-0.2, -0.15) is 0 Å². The van der Waals surface area contributed by atoms with Gasteiger partial charge in [0, 0.05) is 41.4 Å². The Balaban J connectivity index is 2.57. The molecule has 0 aromatic carbocycles. The van der Waals surface area contributed by atoms with Crippen molar-refractivity contribution in [3.05, 3.63) is 22.3 Å². The van der Waals surface area contributed by atoms with E-state index in [0.717, 1.165) is 16.6 Å². The number of hydrogen-bond donors (Lipinski definition) is 1. The van der Waals surface area contributed by atoms with E-state index >= 15 is 0 Å². The van der Waals surface area contributed by atoms with Gasteiger partial charge in [-0.15, -0.1) is 0 Å². The molecule has 4 nitrogen and oxygen atoms in total. The van der Waals surface area contributed by atoms with Gasteiger partial charge < -0.3 is 10.5 Å². The Morgan fingerprint density at radius 3 is 2.47 bits per heavy atom. The number of nitrogens with two attached hydrogens (primary N) is 1. The summed E-state index contributed by atoms with van der Waals surface area (Å²) >= 11 is 3.38. The largest absolute Gasteiger partial charge is 0.476 e. The Labute approximate surface area is 124 Å². The number of ether oxygens (including phenoxy) is 1. The molecular weight excluding hydrogens is 306 g/mol. The van der Waals surface area contributed by atoms with E-state index in [1.807, 2.05) is 6.07 Å². The van der Waals surface area contributed by atoms with Crippen LogP contribution in [0.1, 0.15) is 33.3 Å². The highest BCUT2D eigenvalue weighted by Crippen LogP contribution is 2.19. The number of rotatable bonds is 7. The molecule has 1 aromatic rings. The van der Waals surface area contributed by atoms with Crippen LogP contribution in [0, 0.1) is 0 Å². The van der Waals surface area contributed by atoms with Crippen LogP contribution in [0.4, 0.5) is 0 Å². The minimum Gasteiger partial charge on any atom is -0.476 e. The fraction of sp³-hybridized carbons (Fsp3) is 0.643. The van der Waals surface area contributed by atoms with Crippen LogP contribution in [0.25, 0.3) is 0 Å². The zero-order valence-electron chi connectivity index (χ0n) is 12.2. The summed E-state index contributed by atoms with van der Waals surface area (Å²) in [6.07, 6.45) is 1.73. The summed E-state index contributed by atoms with van der Waals surface area (Å²) in [5.41, 5.74) is 6.62. The summed E-state index contributed by atoms with van der Waals surface area (Å²) in [6, 6.07) is 2.97. The molecule has 0 aliphatic carbocycles. The molecule has 0 unspecified atom stereocenters. The van der Waals surface area contributed by atoms with Gasteiger partial charge in [-0.25, -0.2) is 4.98 Å². The van der Waals surface area contributed by atoms with E-state index < -0.39 is 0 Å². The number of nitrogens with zero attached hydrogens (tertiary/aromatic N) is 2. The minimum absolute atomic E-state index is 0.430. The molecule has 0 saturated heterocycles. The third-order valence-corrected chi connectivity index (χ3v) is 3.46. The van der Waals surface area contributed by atoms with Crippen molar-refractivity contribution in [2.24, 2.45) is 5.73 Å². The van der Waals surface area contributed by atoms with Crippen molar-refractivity contribution in [3.63, 3.8) is 0 Å². The SMILES string of the molecule is CC(C)N(CCOc1ncc(Br)cc1CN)C(C)C. The molecule has 1 heterocycles. The average Bonchev–Trinajstić information content (AvgIpc) is 2.34. The molecule has 2 N–H and O–H groups in total. The fourth-order valence-electron chi connectivity index (χ4n) is 2.11. The molecule has 0 saturated carbocycles. The molecule has 5 heteroatoms. The van der Waals surface area contributed by atoms with Crippen molar-refractivity contribution in [2.45, 2.75) is 46.3 Å². The minimum atomic E-state index is 0.430. The first-order valence-corrected chi connectivity index (χ1v) is 7.48. The van der Waals surface area contributed by atoms with E-state index in [9.17, 15) is 0 Å². The van der Waals surface area contributed by atoms with Gasteiger partial charge in [0.25, 0.3) is 0 Å². The molecular formula is C14H24BrN3O. The van der Waals surface area contributed by atoms with Crippen LogP contribution in [0.15, 0.2) is 16.7 Å².